The van der Waals surface area contributed by atoms with Gasteiger partial charge >= 0.3 is 5.97 Å². The zero-order chi connectivity index (χ0) is 10.9. The molecule has 0 fully saturated rings. The largest absolute Gasteiger partial charge is 0.479 e. The number of aliphatic hydroxyl groups excluding tert-OH is 1. The van der Waals surface area contributed by atoms with Crippen LogP contribution in [0.25, 0.3) is 0 Å². The molecule has 6 heteroatoms. The van der Waals surface area contributed by atoms with Crippen LogP contribution >= 0.6 is 38.5 Å². The molecule has 0 aliphatic heterocycles. The average Bonchev–Trinajstić information content (AvgIpc) is 2.10. The number of carboxylic acids is 1. The summed E-state index contributed by atoms with van der Waals surface area (Å²) in [6.07, 6.45) is -1.82. The van der Waals surface area contributed by atoms with E-state index in [9.17, 15) is 9.18 Å². The molecule has 1 rings (SSSR count). The van der Waals surface area contributed by atoms with Crippen LogP contribution in [0.3, 0.4) is 0 Å². The van der Waals surface area contributed by atoms with Gasteiger partial charge in [0.25, 0.3) is 0 Å². The van der Waals surface area contributed by atoms with E-state index < -0.39 is 17.9 Å². The smallest absolute Gasteiger partial charge is 0.337 e. The van der Waals surface area contributed by atoms with Crippen LogP contribution in [0.1, 0.15) is 11.7 Å². The lowest BCUT2D eigenvalue weighted by molar-refractivity contribution is -0.147. The van der Waals surface area contributed by atoms with Crippen molar-refractivity contribution in [2.24, 2.45) is 0 Å². The molecule has 1 aromatic rings. The fourth-order valence-electron chi connectivity index (χ4n) is 0.881. The lowest BCUT2D eigenvalue weighted by Crippen LogP contribution is -2.12. The van der Waals surface area contributed by atoms with Crippen LogP contribution in [0.5, 0.6) is 0 Å². The van der Waals surface area contributed by atoms with E-state index in [1.165, 1.54) is 6.07 Å². The van der Waals surface area contributed by atoms with Crippen LogP contribution in [-0.4, -0.2) is 16.2 Å². The van der Waals surface area contributed by atoms with Crippen molar-refractivity contribution in [3.63, 3.8) is 0 Å². The average molecular weight is 375 g/mol. The van der Waals surface area contributed by atoms with E-state index in [1.807, 2.05) is 22.6 Å². The van der Waals surface area contributed by atoms with Crippen molar-refractivity contribution in [3.05, 3.63) is 31.6 Å². The van der Waals surface area contributed by atoms with Gasteiger partial charge in [-0.1, -0.05) is 0 Å². The van der Waals surface area contributed by atoms with Gasteiger partial charge in [-0.2, -0.15) is 0 Å². The maximum Gasteiger partial charge on any atom is 0.337 e. The molecule has 0 aliphatic rings. The van der Waals surface area contributed by atoms with Crippen molar-refractivity contribution >= 4 is 44.5 Å². The predicted molar refractivity (Wildman–Crippen MR) is 59.4 cm³/mol. The molecule has 0 amide bonds. The van der Waals surface area contributed by atoms with Crippen molar-refractivity contribution in [2.75, 3.05) is 0 Å². The number of aliphatic carboxylic acids is 1. The number of hydrogen-bond acceptors (Lipinski definition) is 2. The monoisotopic (exact) mass is 374 g/mol. The number of benzene rings is 1. The Hall–Kier alpha value is -0.210. The van der Waals surface area contributed by atoms with Crippen LogP contribution in [0.15, 0.2) is 16.6 Å². The molecular weight excluding hydrogens is 370 g/mol. The van der Waals surface area contributed by atoms with Gasteiger partial charge in [-0.3, -0.25) is 0 Å². The third kappa shape index (κ3) is 2.43. The second kappa shape index (κ2) is 4.54. The Kier molecular flexibility index (Phi) is 3.85. The standard InChI is InChI=1S/C8H5BrFIO3/c9-4-2-5(10)3(1-6(4)11)7(12)8(13)14/h1-2,7,12H,(H,13,14). The molecule has 76 valence electrons. The Morgan fingerprint density at radius 2 is 2.14 bits per heavy atom. The van der Waals surface area contributed by atoms with Gasteiger partial charge < -0.3 is 10.2 Å². The highest BCUT2D eigenvalue weighted by Gasteiger charge is 2.21. The Labute approximate surface area is 101 Å². The van der Waals surface area contributed by atoms with E-state index in [4.69, 9.17) is 10.2 Å². The van der Waals surface area contributed by atoms with Crippen LogP contribution in [0.4, 0.5) is 4.39 Å². The summed E-state index contributed by atoms with van der Waals surface area (Å²) in [6.45, 7) is 0. The minimum Gasteiger partial charge on any atom is -0.479 e. The maximum atomic E-state index is 13.2. The molecule has 2 N–H and O–H groups in total. The fourth-order valence-corrected chi connectivity index (χ4v) is 1.69. The molecule has 14 heavy (non-hydrogen) atoms. The van der Waals surface area contributed by atoms with E-state index >= 15 is 0 Å². The molecule has 0 aliphatic carbocycles. The molecule has 1 atom stereocenters. The highest BCUT2D eigenvalue weighted by Crippen LogP contribution is 2.26. The van der Waals surface area contributed by atoms with E-state index in [0.29, 0.717) is 8.04 Å². The van der Waals surface area contributed by atoms with Gasteiger partial charge in [0.1, 0.15) is 5.82 Å². The molecule has 0 radical (unpaired) electrons. The first-order chi connectivity index (χ1) is 6.43. The van der Waals surface area contributed by atoms with Gasteiger partial charge in [0, 0.05) is 13.6 Å². The normalized spacial score (nSPS) is 12.6. The summed E-state index contributed by atoms with van der Waals surface area (Å²) in [5.41, 5.74) is -0.231. The predicted octanol–water partition coefficient (Wildman–Crippen LogP) is 2.31. The molecule has 0 aromatic heterocycles. The highest BCUT2D eigenvalue weighted by atomic mass is 127. The molecule has 0 heterocycles. The fraction of sp³-hybridized carbons (Fsp3) is 0.125. The summed E-state index contributed by atoms with van der Waals surface area (Å²) in [5.74, 6) is -2.21. The summed E-state index contributed by atoms with van der Waals surface area (Å²) in [6, 6.07) is 2.42. The quantitative estimate of drug-likeness (QED) is 0.617. The number of rotatable bonds is 2. The van der Waals surface area contributed by atoms with Crippen LogP contribution in [-0.2, 0) is 4.79 Å². The summed E-state index contributed by atoms with van der Waals surface area (Å²) in [7, 11) is 0. The molecule has 0 spiro atoms. The zero-order valence-electron chi connectivity index (χ0n) is 6.67. The number of carboxylic acid groups (broad SMARTS) is 1. The maximum absolute atomic E-state index is 13.2. The zero-order valence-corrected chi connectivity index (χ0v) is 10.4. The summed E-state index contributed by atoms with van der Waals surface area (Å²) >= 11 is 5.00. The minimum absolute atomic E-state index is 0.231. The van der Waals surface area contributed by atoms with E-state index in [-0.39, 0.29) is 5.56 Å². The van der Waals surface area contributed by atoms with Gasteiger partial charge in [0.2, 0.25) is 0 Å². The van der Waals surface area contributed by atoms with Crippen molar-refractivity contribution in [1.82, 2.24) is 0 Å². The van der Waals surface area contributed by atoms with Crippen molar-refractivity contribution < 1.29 is 19.4 Å². The second-order valence-electron chi connectivity index (χ2n) is 2.53. The number of aliphatic hydroxyl groups is 1. The van der Waals surface area contributed by atoms with Gasteiger partial charge in [-0.25, -0.2) is 9.18 Å². The Bertz CT molecular complexity index is 383. The molecule has 1 aromatic carbocycles. The minimum atomic E-state index is -1.82. The Morgan fingerprint density at radius 1 is 1.57 bits per heavy atom. The topological polar surface area (TPSA) is 57.5 Å². The lowest BCUT2D eigenvalue weighted by Gasteiger charge is -2.08. The van der Waals surface area contributed by atoms with Crippen molar-refractivity contribution in [3.8, 4) is 0 Å². The first-order valence-corrected chi connectivity index (χ1v) is 5.36. The lowest BCUT2D eigenvalue weighted by atomic mass is 10.1. The van der Waals surface area contributed by atoms with E-state index in [2.05, 4.69) is 15.9 Å². The van der Waals surface area contributed by atoms with Crippen molar-refractivity contribution in [1.29, 1.82) is 0 Å². The summed E-state index contributed by atoms with van der Waals surface area (Å²) in [5, 5.41) is 17.6. The number of carbonyl (C=O) groups is 1. The summed E-state index contributed by atoms with van der Waals surface area (Å²) < 4.78 is 14.3. The Balaban J connectivity index is 3.22. The molecular formula is C8H5BrFIO3. The highest BCUT2D eigenvalue weighted by molar-refractivity contribution is 14.1. The number of hydrogen-bond donors (Lipinski definition) is 2. The van der Waals surface area contributed by atoms with E-state index in [1.54, 1.807) is 0 Å². The molecule has 3 nitrogen and oxygen atoms in total. The molecule has 1 unspecified atom stereocenters. The first-order valence-electron chi connectivity index (χ1n) is 3.48. The molecule has 0 saturated carbocycles. The van der Waals surface area contributed by atoms with Crippen LogP contribution in [0, 0.1) is 9.39 Å². The third-order valence-corrected chi connectivity index (χ3v) is 3.86. The molecule has 0 bridgehead atoms. The van der Waals surface area contributed by atoms with Gasteiger partial charge in [-0.15, -0.1) is 0 Å². The van der Waals surface area contributed by atoms with Crippen molar-refractivity contribution in [2.45, 2.75) is 6.10 Å². The second-order valence-corrected chi connectivity index (χ2v) is 4.55. The van der Waals surface area contributed by atoms with Gasteiger partial charge in [0.05, 0.1) is 0 Å². The van der Waals surface area contributed by atoms with Crippen LogP contribution < -0.4 is 0 Å². The van der Waals surface area contributed by atoms with Crippen LogP contribution in [0.2, 0.25) is 0 Å². The SMILES string of the molecule is O=C(O)C(O)c1cc(I)c(Br)cc1F. The first kappa shape index (κ1) is 11.9. The van der Waals surface area contributed by atoms with Gasteiger partial charge in [-0.05, 0) is 50.7 Å². The number of halogens is 3. The molecule has 0 saturated heterocycles. The van der Waals surface area contributed by atoms with Gasteiger partial charge in [0.15, 0.2) is 6.10 Å². The third-order valence-electron chi connectivity index (χ3n) is 1.57. The Morgan fingerprint density at radius 3 is 2.64 bits per heavy atom. The summed E-state index contributed by atoms with van der Waals surface area (Å²) in [4.78, 5) is 10.4. The van der Waals surface area contributed by atoms with E-state index in [0.717, 1.165) is 6.07 Å².